The lowest BCUT2D eigenvalue weighted by molar-refractivity contribution is 0.431. The van der Waals surface area contributed by atoms with E-state index in [1.807, 2.05) is 36.5 Å². The molecule has 1 aromatic carbocycles. The lowest BCUT2D eigenvalue weighted by atomic mass is 9.99. The largest absolute Gasteiger partial charge is 0.357 e. The van der Waals surface area contributed by atoms with Gasteiger partial charge in [0.1, 0.15) is 5.82 Å². The van der Waals surface area contributed by atoms with Crippen molar-refractivity contribution in [2.24, 2.45) is 5.92 Å². The van der Waals surface area contributed by atoms with Gasteiger partial charge >= 0.3 is 0 Å². The molecule has 1 fully saturated rings. The Morgan fingerprint density at radius 1 is 1.08 bits per heavy atom. The van der Waals surface area contributed by atoms with Gasteiger partial charge in [-0.15, -0.1) is 0 Å². The van der Waals surface area contributed by atoms with Crippen LogP contribution in [0.1, 0.15) is 25.3 Å². The van der Waals surface area contributed by atoms with Gasteiger partial charge in [0, 0.05) is 24.8 Å². The van der Waals surface area contributed by atoms with Crippen molar-refractivity contribution in [3.05, 3.63) is 48.2 Å². The van der Waals surface area contributed by atoms with E-state index in [9.17, 15) is 0 Å². The first kappa shape index (κ1) is 15.8. The normalized spacial score (nSPS) is 15.5. The highest BCUT2D eigenvalue weighted by molar-refractivity contribution is 5.60. The Morgan fingerprint density at radius 2 is 1.92 bits per heavy atom. The Balaban J connectivity index is 1.53. The van der Waals surface area contributed by atoms with Crippen LogP contribution >= 0.6 is 0 Å². The van der Waals surface area contributed by atoms with E-state index >= 15 is 0 Å². The van der Waals surface area contributed by atoms with Crippen LogP contribution in [0.4, 0.5) is 5.82 Å². The van der Waals surface area contributed by atoms with Gasteiger partial charge in [-0.3, -0.25) is 0 Å². The Hall–Kier alpha value is -2.69. The molecule has 1 aliphatic heterocycles. The lowest BCUT2D eigenvalue weighted by Gasteiger charge is -2.31. The van der Waals surface area contributed by atoms with Crippen LogP contribution in [0, 0.1) is 12.8 Å². The highest BCUT2D eigenvalue weighted by Gasteiger charge is 2.17. The van der Waals surface area contributed by atoms with Crippen LogP contribution in [0.25, 0.3) is 22.8 Å². The van der Waals surface area contributed by atoms with Crippen LogP contribution in [-0.2, 0) is 0 Å². The smallest absolute Gasteiger partial charge is 0.259 e. The number of aromatic nitrogens is 3. The molecule has 3 aromatic rings. The van der Waals surface area contributed by atoms with Crippen molar-refractivity contribution < 1.29 is 4.52 Å². The molecule has 0 saturated carbocycles. The monoisotopic (exact) mass is 334 g/mol. The molecule has 128 valence electrons. The van der Waals surface area contributed by atoms with Crippen molar-refractivity contribution in [3.63, 3.8) is 0 Å². The number of nitrogens with zero attached hydrogens (tertiary/aromatic N) is 4. The molecule has 0 radical (unpaired) electrons. The van der Waals surface area contributed by atoms with Gasteiger partial charge in [0.05, 0.1) is 5.56 Å². The maximum Gasteiger partial charge on any atom is 0.259 e. The fourth-order valence-electron chi connectivity index (χ4n) is 3.18. The molecule has 0 bridgehead atoms. The second-order valence-electron chi connectivity index (χ2n) is 6.87. The summed E-state index contributed by atoms with van der Waals surface area (Å²) in [4.78, 5) is 11.5. The zero-order chi connectivity index (χ0) is 17.2. The van der Waals surface area contributed by atoms with Gasteiger partial charge in [-0.25, -0.2) is 4.98 Å². The summed E-state index contributed by atoms with van der Waals surface area (Å²) in [7, 11) is 0. The van der Waals surface area contributed by atoms with Crippen LogP contribution in [0.15, 0.2) is 47.1 Å². The average Bonchev–Trinajstić information content (AvgIpc) is 3.13. The molecule has 2 aromatic heterocycles. The van der Waals surface area contributed by atoms with Gasteiger partial charge in [0.15, 0.2) is 0 Å². The molecule has 5 heteroatoms. The Kier molecular flexibility index (Phi) is 4.22. The number of pyridine rings is 1. The molecule has 0 spiro atoms. The molecule has 0 aliphatic carbocycles. The fourth-order valence-corrected chi connectivity index (χ4v) is 3.18. The fraction of sp³-hybridized carbons (Fsp3) is 0.350. The van der Waals surface area contributed by atoms with Crippen molar-refractivity contribution >= 4 is 5.82 Å². The standard InChI is InChI=1S/C20H22N4O/c1-14-8-10-24(11-9-14)18-7-6-17(13-21-18)20-22-19(23-25-20)16-5-3-4-15(2)12-16/h3-7,12-14H,8-11H2,1-2H3. The zero-order valence-electron chi connectivity index (χ0n) is 14.6. The maximum absolute atomic E-state index is 5.43. The topological polar surface area (TPSA) is 55.1 Å². The second kappa shape index (κ2) is 6.67. The van der Waals surface area contributed by atoms with Crippen LogP contribution in [0.3, 0.4) is 0 Å². The van der Waals surface area contributed by atoms with E-state index in [1.54, 1.807) is 0 Å². The summed E-state index contributed by atoms with van der Waals surface area (Å²) in [6.07, 6.45) is 4.28. The molecule has 0 atom stereocenters. The first-order chi connectivity index (χ1) is 12.2. The SMILES string of the molecule is Cc1cccc(-c2noc(-c3ccc(N4CCC(C)CC4)nc3)n2)c1. The van der Waals surface area contributed by atoms with E-state index in [0.29, 0.717) is 11.7 Å². The molecule has 0 amide bonds. The molecule has 5 nitrogen and oxygen atoms in total. The third-order valence-electron chi connectivity index (χ3n) is 4.80. The molecule has 25 heavy (non-hydrogen) atoms. The predicted octanol–water partition coefficient (Wildman–Crippen LogP) is 4.34. The minimum Gasteiger partial charge on any atom is -0.357 e. The van der Waals surface area contributed by atoms with Gasteiger partial charge in [0.2, 0.25) is 5.82 Å². The van der Waals surface area contributed by atoms with Gasteiger partial charge < -0.3 is 9.42 Å². The van der Waals surface area contributed by atoms with E-state index in [1.165, 1.54) is 18.4 Å². The summed E-state index contributed by atoms with van der Waals surface area (Å²) in [6.45, 7) is 6.51. The van der Waals surface area contributed by atoms with Crippen molar-refractivity contribution in [3.8, 4) is 22.8 Å². The summed E-state index contributed by atoms with van der Waals surface area (Å²) < 4.78 is 5.43. The van der Waals surface area contributed by atoms with Crippen molar-refractivity contribution in [1.82, 2.24) is 15.1 Å². The van der Waals surface area contributed by atoms with Gasteiger partial charge in [0.25, 0.3) is 5.89 Å². The average molecular weight is 334 g/mol. The third-order valence-corrected chi connectivity index (χ3v) is 4.80. The molecule has 1 saturated heterocycles. The lowest BCUT2D eigenvalue weighted by Crippen LogP contribution is -2.33. The van der Waals surface area contributed by atoms with E-state index in [2.05, 4.69) is 39.9 Å². The number of aryl methyl sites for hydroxylation is 1. The number of benzene rings is 1. The Morgan fingerprint density at radius 3 is 2.64 bits per heavy atom. The van der Waals surface area contributed by atoms with E-state index in [-0.39, 0.29) is 0 Å². The number of hydrogen-bond acceptors (Lipinski definition) is 5. The Bertz CT molecular complexity index is 848. The number of hydrogen-bond donors (Lipinski definition) is 0. The Labute approximate surface area is 147 Å². The van der Waals surface area contributed by atoms with Crippen molar-refractivity contribution in [2.45, 2.75) is 26.7 Å². The maximum atomic E-state index is 5.43. The highest BCUT2D eigenvalue weighted by Crippen LogP contribution is 2.25. The molecule has 0 N–H and O–H groups in total. The van der Waals surface area contributed by atoms with Gasteiger partial charge in [-0.05, 0) is 43.9 Å². The second-order valence-corrected chi connectivity index (χ2v) is 6.87. The van der Waals surface area contributed by atoms with Crippen LogP contribution < -0.4 is 4.90 Å². The van der Waals surface area contributed by atoms with Crippen molar-refractivity contribution in [1.29, 1.82) is 0 Å². The summed E-state index contributed by atoms with van der Waals surface area (Å²) in [5.41, 5.74) is 2.98. The first-order valence-electron chi connectivity index (χ1n) is 8.81. The quantitative estimate of drug-likeness (QED) is 0.713. The van der Waals surface area contributed by atoms with Crippen molar-refractivity contribution in [2.75, 3.05) is 18.0 Å². The van der Waals surface area contributed by atoms with E-state index in [4.69, 9.17) is 4.52 Å². The predicted molar refractivity (Wildman–Crippen MR) is 98.3 cm³/mol. The van der Waals surface area contributed by atoms with Crippen LogP contribution in [0.2, 0.25) is 0 Å². The number of rotatable bonds is 3. The van der Waals surface area contributed by atoms with Crippen LogP contribution in [0.5, 0.6) is 0 Å². The van der Waals surface area contributed by atoms with Gasteiger partial charge in [-0.1, -0.05) is 35.8 Å². The molecule has 1 aliphatic rings. The first-order valence-corrected chi connectivity index (χ1v) is 8.81. The summed E-state index contributed by atoms with van der Waals surface area (Å²) in [5.74, 6) is 2.94. The molecule has 4 rings (SSSR count). The molecular weight excluding hydrogens is 312 g/mol. The number of piperidine rings is 1. The van der Waals surface area contributed by atoms with E-state index in [0.717, 1.165) is 36.0 Å². The van der Waals surface area contributed by atoms with Crippen LogP contribution in [-0.4, -0.2) is 28.2 Å². The minimum absolute atomic E-state index is 0.503. The zero-order valence-corrected chi connectivity index (χ0v) is 14.6. The van der Waals surface area contributed by atoms with Gasteiger partial charge in [-0.2, -0.15) is 4.98 Å². The molecular formula is C20H22N4O. The summed E-state index contributed by atoms with van der Waals surface area (Å²) >= 11 is 0. The van der Waals surface area contributed by atoms with E-state index < -0.39 is 0 Å². The molecule has 3 heterocycles. The third kappa shape index (κ3) is 3.40. The summed E-state index contributed by atoms with van der Waals surface area (Å²) in [5, 5.41) is 4.10. The molecule has 0 unspecified atom stereocenters. The number of anilines is 1. The summed E-state index contributed by atoms with van der Waals surface area (Å²) in [6, 6.07) is 12.1. The minimum atomic E-state index is 0.503. The highest BCUT2D eigenvalue weighted by atomic mass is 16.5.